The van der Waals surface area contributed by atoms with Gasteiger partial charge in [0.2, 0.25) is 0 Å². The molecule has 0 atom stereocenters. The third kappa shape index (κ3) is 4.49. The highest BCUT2D eigenvalue weighted by molar-refractivity contribution is 6.42. The Kier molecular flexibility index (Phi) is 5.82. The largest absolute Gasteiger partial charge is 0.489 e. The van der Waals surface area contributed by atoms with Crippen molar-refractivity contribution in [3.8, 4) is 5.75 Å². The number of nitrogens with zero attached hydrogens (tertiary/aromatic N) is 1. The van der Waals surface area contributed by atoms with E-state index >= 15 is 0 Å². The first-order valence-electron chi connectivity index (χ1n) is 9.46. The summed E-state index contributed by atoms with van der Waals surface area (Å²) in [6, 6.07) is 22.3. The Hall–Kier alpha value is -3.90. The number of para-hydroxylation sites is 1. The Morgan fingerprint density at radius 1 is 0.903 bits per heavy atom. The monoisotopic (exact) mass is 432 g/mol. The van der Waals surface area contributed by atoms with E-state index in [-0.39, 0.29) is 16.3 Å². The van der Waals surface area contributed by atoms with Crippen LogP contribution in [0.25, 0.3) is 6.08 Å². The van der Waals surface area contributed by atoms with E-state index in [4.69, 9.17) is 16.3 Å². The van der Waals surface area contributed by atoms with Crippen molar-refractivity contribution in [2.24, 2.45) is 0 Å². The standard InChI is InChI=1S/C24H17ClN2O4/c25-20-11-4-5-12-21(20)27-23(29)19(22(28)26-24(27)30)14-17-9-6-10-18(13-17)31-15-16-7-2-1-3-8-16/h1-14H,15H2,(H,26,28,30)/b19-14-. The van der Waals surface area contributed by atoms with Crippen LogP contribution in [0.5, 0.6) is 5.75 Å². The number of rotatable bonds is 5. The third-order valence-corrected chi connectivity index (χ3v) is 4.93. The summed E-state index contributed by atoms with van der Waals surface area (Å²) in [5.74, 6) is -0.938. The van der Waals surface area contributed by atoms with E-state index in [1.807, 2.05) is 30.3 Å². The summed E-state index contributed by atoms with van der Waals surface area (Å²) in [4.78, 5) is 38.5. The molecule has 0 aliphatic carbocycles. The highest BCUT2D eigenvalue weighted by Gasteiger charge is 2.37. The molecule has 0 saturated carbocycles. The second-order valence-electron chi connectivity index (χ2n) is 6.76. The van der Waals surface area contributed by atoms with Gasteiger partial charge in [0.1, 0.15) is 17.9 Å². The van der Waals surface area contributed by atoms with Gasteiger partial charge in [-0.2, -0.15) is 0 Å². The molecule has 0 spiro atoms. The van der Waals surface area contributed by atoms with Crippen molar-refractivity contribution in [3.05, 3.63) is 101 Å². The summed E-state index contributed by atoms with van der Waals surface area (Å²) in [5, 5.41) is 2.40. The maximum Gasteiger partial charge on any atom is 0.335 e. The van der Waals surface area contributed by atoms with Crippen molar-refractivity contribution in [1.82, 2.24) is 5.32 Å². The molecular formula is C24H17ClN2O4. The fraction of sp³-hybridized carbons (Fsp3) is 0.0417. The summed E-state index contributed by atoms with van der Waals surface area (Å²) in [6.45, 7) is 0.384. The highest BCUT2D eigenvalue weighted by Crippen LogP contribution is 2.29. The lowest BCUT2D eigenvalue weighted by Gasteiger charge is -2.27. The van der Waals surface area contributed by atoms with Crippen LogP contribution in [0.3, 0.4) is 0 Å². The van der Waals surface area contributed by atoms with Crippen molar-refractivity contribution in [1.29, 1.82) is 0 Å². The number of benzene rings is 3. The van der Waals surface area contributed by atoms with Gasteiger partial charge in [0, 0.05) is 0 Å². The number of amides is 4. The molecule has 31 heavy (non-hydrogen) atoms. The Bertz CT molecular complexity index is 1190. The van der Waals surface area contributed by atoms with Gasteiger partial charge in [-0.05, 0) is 41.5 Å². The minimum Gasteiger partial charge on any atom is -0.489 e. The number of urea groups is 1. The summed E-state index contributed by atoms with van der Waals surface area (Å²) >= 11 is 6.14. The molecule has 1 aliphatic heterocycles. The second-order valence-corrected chi connectivity index (χ2v) is 7.16. The average molecular weight is 433 g/mol. The molecule has 4 amide bonds. The first-order chi connectivity index (χ1) is 15.0. The molecular weight excluding hydrogens is 416 g/mol. The van der Waals surface area contributed by atoms with Crippen LogP contribution >= 0.6 is 11.6 Å². The molecule has 1 N–H and O–H groups in total. The Balaban J connectivity index is 1.60. The summed E-state index contributed by atoms with van der Waals surface area (Å²) in [7, 11) is 0. The number of halogens is 1. The summed E-state index contributed by atoms with van der Waals surface area (Å²) in [6.07, 6.45) is 1.42. The van der Waals surface area contributed by atoms with Gasteiger partial charge in [-0.15, -0.1) is 0 Å². The van der Waals surface area contributed by atoms with Crippen LogP contribution in [0.15, 0.2) is 84.4 Å². The molecule has 3 aromatic carbocycles. The van der Waals surface area contributed by atoms with Crippen LogP contribution in [0.4, 0.5) is 10.5 Å². The van der Waals surface area contributed by atoms with Crippen molar-refractivity contribution in [2.75, 3.05) is 4.90 Å². The second kappa shape index (κ2) is 8.85. The molecule has 0 unspecified atom stereocenters. The summed E-state index contributed by atoms with van der Waals surface area (Å²) < 4.78 is 5.80. The maximum absolute atomic E-state index is 13.0. The molecule has 7 heteroatoms. The lowest BCUT2D eigenvalue weighted by molar-refractivity contribution is -0.122. The topological polar surface area (TPSA) is 75.7 Å². The van der Waals surface area contributed by atoms with Crippen LogP contribution < -0.4 is 15.0 Å². The number of barbiturate groups is 1. The number of nitrogens with one attached hydrogen (secondary N) is 1. The molecule has 0 aromatic heterocycles. The molecule has 0 radical (unpaired) electrons. The number of hydrogen-bond acceptors (Lipinski definition) is 4. The van der Waals surface area contributed by atoms with Crippen molar-refractivity contribution in [2.45, 2.75) is 6.61 Å². The van der Waals surface area contributed by atoms with Crippen LogP contribution in [0.1, 0.15) is 11.1 Å². The van der Waals surface area contributed by atoms with E-state index in [0.717, 1.165) is 10.5 Å². The highest BCUT2D eigenvalue weighted by atomic mass is 35.5. The third-order valence-electron chi connectivity index (χ3n) is 4.61. The quantitative estimate of drug-likeness (QED) is 0.472. The van der Waals surface area contributed by atoms with E-state index in [0.29, 0.717) is 17.9 Å². The van der Waals surface area contributed by atoms with E-state index in [2.05, 4.69) is 5.32 Å². The zero-order chi connectivity index (χ0) is 21.8. The number of carbonyl (C=O) groups is 3. The first-order valence-corrected chi connectivity index (χ1v) is 9.83. The minimum absolute atomic E-state index is 0.181. The normalized spacial score (nSPS) is 15.2. The lowest BCUT2D eigenvalue weighted by atomic mass is 10.1. The lowest BCUT2D eigenvalue weighted by Crippen LogP contribution is -2.54. The van der Waals surface area contributed by atoms with Crippen molar-refractivity contribution >= 4 is 41.2 Å². The molecule has 1 saturated heterocycles. The van der Waals surface area contributed by atoms with E-state index < -0.39 is 17.8 Å². The summed E-state index contributed by atoms with van der Waals surface area (Å²) in [5.41, 5.74) is 1.62. The molecule has 0 bridgehead atoms. The molecule has 1 heterocycles. The Morgan fingerprint density at radius 2 is 1.65 bits per heavy atom. The molecule has 1 aliphatic rings. The zero-order valence-electron chi connectivity index (χ0n) is 16.2. The molecule has 3 aromatic rings. The molecule has 6 nitrogen and oxygen atoms in total. The smallest absolute Gasteiger partial charge is 0.335 e. The minimum atomic E-state index is -0.847. The maximum atomic E-state index is 13.0. The van der Waals surface area contributed by atoms with Gasteiger partial charge in [-0.1, -0.05) is 66.2 Å². The van der Waals surface area contributed by atoms with Crippen LogP contribution in [-0.4, -0.2) is 17.8 Å². The van der Waals surface area contributed by atoms with E-state index in [9.17, 15) is 14.4 Å². The predicted octanol–water partition coefficient (Wildman–Crippen LogP) is 4.59. The van der Waals surface area contributed by atoms with Gasteiger partial charge in [0.15, 0.2) is 0 Å². The number of imide groups is 2. The Morgan fingerprint density at radius 3 is 2.42 bits per heavy atom. The number of hydrogen-bond donors (Lipinski definition) is 1. The average Bonchev–Trinajstić information content (AvgIpc) is 2.77. The van der Waals surface area contributed by atoms with Gasteiger partial charge in [-0.25, -0.2) is 9.69 Å². The van der Waals surface area contributed by atoms with Crippen LogP contribution in [-0.2, 0) is 16.2 Å². The predicted molar refractivity (Wildman–Crippen MR) is 118 cm³/mol. The fourth-order valence-corrected chi connectivity index (χ4v) is 3.33. The fourth-order valence-electron chi connectivity index (χ4n) is 3.11. The number of ether oxygens (including phenoxy) is 1. The van der Waals surface area contributed by atoms with Gasteiger partial charge < -0.3 is 4.74 Å². The van der Waals surface area contributed by atoms with Crippen molar-refractivity contribution < 1.29 is 19.1 Å². The number of anilines is 1. The van der Waals surface area contributed by atoms with Crippen LogP contribution in [0.2, 0.25) is 5.02 Å². The van der Waals surface area contributed by atoms with E-state index in [1.165, 1.54) is 12.1 Å². The molecule has 1 fully saturated rings. The zero-order valence-corrected chi connectivity index (χ0v) is 17.0. The van der Waals surface area contributed by atoms with Gasteiger partial charge >= 0.3 is 6.03 Å². The number of carbonyl (C=O) groups excluding carboxylic acids is 3. The molecule has 4 rings (SSSR count). The van der Waals surface area contributed by atoms with Gasteiger partial charge in [-0.3, -0.25) is 14.9 Å². The Labute approximate surface area is 183 Å². The first kappa shape index (κ1) is 20.4. The van der Waals surface area contributed by atoms with Crippen LogP contribution in [0, 0.1) is 0 Å². The van der Waals surface area contributed by atoms with Gasteiger partial charge in [0.05, 0.1) is 10.7 Å². The SMILES string of the molecule is O=C1NC(=O)N(c2ccccc2Cl)C(=O)/C1=C\c1cccc(OCc2ccccc2)c1. The van der Waals surface area contributed by atoms with Crippen molar-refractivity contribution in [3.63, 3.8) is 0 Å². The van der Waals surface area contributed by atoms with Gasteiger partial charge in [0.25, 0.3) is 11.8 Å². The van der Waals surface area contributed by atoms with E-state index in [1.54, 1.807) is 42.5 Å². The molecule has 154 valence electrons.